The number of rotatable bonds is 4. The van der Waals surface area contributed by atoms with E-state index in [0.29, 0.717) is 23.0 Å². The van der Waals surface area contributed by atoms with Gasteiger partial charge in [-0.3, -0.25) is 4.79 Å². The number of nitrogens with zero attached hydrogens (tertiary/aromatic N) is 1. The molecule has 0 aliphatic heterocycles. The fourth-order valence-electron chi connectivity index (χ4n) is 2.47. The molecule has 3 rings (SSSR count). The number of aryl methyl sites for hydroxylation is 1. The lowest BCUT2D eigenvalue weighted by atomic mass is 10.1. The van der Waals surface area contributed by atoms with Crippen LogP contribution in [0, 0.1) is 25.2 Å². The van der Waals surface area contributed by atoms with Crippen molar-refractivity contribution < 1.29 is 4.79 Å². The highest BCUT2D eigenvalue weighted by Gasteiger charge is 2.28. The summed E-state index contributed by atoms with van der Waals surface area (Å²) in [5.41, 5.74) is 7.93. The zero-order chi connectivity index (χ0) is 15.0. The number of hydrogen-bond acceptors (Lipinski definition) is 3. The first kappa shape index (κ1) is 14.0. The van der Waals surface area contributed by atoms with Crippen molar-refractivity contribution in [1.29, 1.82) is 0 Å². The first-order valence-electron chi connectivity index (χ1n) is 7.11. The molecule has 1 aromatic carbocycles. The molecule has 2 aromatic rings. The highest BCUT2D eigenvalue weighted by molar-refractivity contribution is 7.21. The Morgan fingerprint density at radius 1 is 1.52 bits per heavy atom. The molecule has 4 heteroatoms. The van der Waals surface area contributed by atoms with E-state index in [2.05, 4.69) is 12.0 Å². The molecule has 1 aliphatic carbocycles. The van der Waals surface area contributed by atoms with Gasteiger partial charge in [-0.05, 0) is 37.3 Å². The molecule has 2 N–H and O–H groups in total. The van der Waals surface area contributed by atoms with Crippen LogP contribution in [0.4, 0.5) is 5.69 Å². The Hall–Kier alpha value is -1.99. The third kappa shape index (κ3) is 2.74. The van der Waals surface area contributed by atoms with E-state index in [0.717, 1.165) is 16.6 Å². The number of terminal acetylenes is 1. The first-order chi connectivity index (χ1) is 10.1. The second-order valence-electron chi connectivity index (χ2n) is 5.68. The number of anilines is 1. The number of hydrogen-bond donors (Lipinski definition) is 1. The Morgan fingerprint density at radius 2 is 2.29 bits per heavy atom. The van der Waals surface area contributed by atoms with Gasteiger partial charge in [0.15, 0.2) is 0 Å². The minimum atomic E-state index is -0.0313. The zero-order valence-electron chi connectivity index (χ0n) is 12.1. The lowest BCUT2D eigenvalue weighted by Gasteiger charge is -2.19. The molecule has 1 fully saturated rings. The summed E-state index contributed by atoms with van der Waals surface area (Å²) in [6.07, 6.45) is 7.78. The van der Waals surface area contributed by atoms with E-state index in [1.165, 1.54) is 29.7 Å². The van der Waals surface area contributed by atoms with E-state index in [1.807, 2.05) is 19.1 Å². The van der Waals surface area contributed by atoms with Crippen molar-refractivity contribution in [2.45, 2.75) is 19.8 Å². The lowest BCUT2D eigenvalue weighted by Crippen LogP contribution is -2.33. The predicted octanol–water partition coefficient (Wildman–Crippen LogP) is 3.28. The minimum Gasteiger partial charge on any atom is -0.397 e. The van der Waals surface area contributed by atoms with Crippen molar-refractivity contribution in [1.82, 2.24) is 4.90 Å². The summed E-state index contributed by atoms with van der Waals surface area (Å²) in [4.78, 5) is 15.1. The molecule has 1 heterocycles. The van der Waals surface area contributed by atoms with Crippen LogP contribution in [0.2, 0.25) is 0 Å². The van der Waals surface area contributed by atoms with Crippen molar-refractivity contribution >= 4 is 33.0 Å². The van der Waals surface area contributed by atoms with Crippen LogP contribution >= 0.6 is 11.3 Å². The number of carbonyl (C=O) groups excluding carboxylic acids is 1. The number of carbonyl (C=O) groups is 1. The van der Waals surface area contributed by atoms with Gasteiger partial charge in [-0.2, -0.15) is 0 Å². The fraction of sp³-hybridized carbons (Fsp3) is 0.353. The van der Waals surface area contributed by atoms with E-state index in [4.69, 9.17) is 12.2 Å². The maximum atomic E-state index is 12.7. The van der Waals surface area contributed by atoms with Gasteiger partial charge in [0.25, 0.3) is 5.91 Å². The van der Waals surface area contributed by atoms with E-state index in [1.54, 1.807) is 4.90 Å². The van der Waals surface area contributed by atoms with Crippen molar-refractivity contribution in [3.63, 3.8) is 0 Å². The molecule has 0 bridgehead atoms. The number of benzene rings is 1. The van der Waals surface area contributed by atoms with Crippen molar-refractivity contribution in [2.24, 2.45) is 5.92 Å². The number of nitrogens with two attached hydrogens (primary N) is 1. The van der Waals surface area contributed by atoms with Crippen LogP contribution in [-0.2, 0) is 0 Å². The summed E-state index contributed by atoms with van der Waals surface area (Å²) in [5.74, 6) is 3.16. The quantitative estimate of drug-likeness (QED) is 0.881. The maximum Gasteiger partial charge on any atom is 0.266 e. The number of amides is 1. The minimum absolute atomic E-state index is 0.0313. The largest absolute Gasteiger partial charge is 0.397 e. The van der Waals surface area contributed by atoms with Gasteiger partial charge in [-0.25, -0.2) is 0 Å². The second-order valence-corrected chi connectivity index (χ2v) is 6.73. The summed E-state index contributed by atoms with van der Waals surface area (Å²) in [6, 6.07) is 6.07. The molecule has 1 aliphatic rings. The Kier molecular flexibility index (Phi) is 3.60. The summed E-state index contributed by atoms with van der Waals surface area (Å²) < 4.78 is 1.06. The predicted molar refractivity (Wildman–Crippen MR) is 88.4 cm³/mol. The highest BCUT2D eigenvalue weighted by Crippen LogP contribution is 2.36. The highest BCUT2D eigenvalue weighted by atomic mass is 32.1. The maximum absolute atomic E-state index is 12.7. The Balaban J connectivity index is 1.95. The molecule has 1 saturated carbocycles. The van der Waals surface area contributed by atoms with Crippen molar-refractivity contribution in [3.05, 3.63) is 28.6 Å². The Labute approximate surface area is 128 Å². The summed E-state index contributed by atoms with van der Waals surface area (Å²) in [5, 5.41) is 0.959. The Bertz CT molecular complexity index is 737. The standard InChI is InChI=1S/C17H18N2OS/c1-3-8-19(10-12-5-6-12)17(20)16-15(18)13-7-4-11(2)9-14(13)21-16/h1,4,7,9,12H,5-6,8,10,18H2,2H3. The van der Waals surface area contributed by atoms with Gasteiger partial charge in [-0.15, -0.1) is 17.8 Å². The summed E-state index contributed by atoms with van der Waals surface area (Å²) in [7, 11) is 0. The third-order valence-electron chi connectivity index (χ3n) is 3.82. The SMILES string of the molecule is C#CCN(CC1CC1)C(=O)c1sc2cc(C)ccc2c1N. The van der Waals surface area contributed by atoms with Crippen LogP contribution < -0.4 is 5.73 Å². The van der Waals surface area contributed by atoms with Crippen LogP contribution in [-0.4, -0.2) is 23.9 Å². The normalized spacial score (nSPS) is 14.1. The van der Waals surface area contributed by atoms with E-state index in [-0.39, 0.29) is 5.91 Å². The van der Waals surface area contributed by atoms with Crippen LogP contribution in [0.1, 0.15) is 28.1 Å². The van der Waals surface area contributed by atoms with Gasteiger partial charge < -0.3 is 10.6 Å². The molecular formula is C17H18N2OS. The molecule has 108 valence electrons. The van der Waals surface area contributed by atoms with Gasteiger partial charge in [0.05, 0.1) is 12.2 Å². The monoisotopic (exact) mass is 298 g/mol. The van der Waals surface area contributed by atoms with Crippen molar-refractivity contribution in [3.8, 4) is 12.3 Å². The van der Waals surface area contributed by atoms with Crippen LogP contribution in [0.5, 0.6) is 0 Å². The first-order valence-corrected chi connectivity index (χ1v) is 7.93. The van der Waals surface area contributed by atoms with Gasteiger partial charge in [-0.1, -0.05) is 18.1 Å². The molecule has 1 amide bonds. The topological polar surface area (TPSA) is 46.3 Å². The average Bonchev–Trinajstić information content (AvgIpc) is 3.21. The van der Waals surface area contributed by atoms with E-state index < -0.39 is 0 Å². The third-order valence-corrected chi connectivity index (χ3v) is 4.98. The molecule has 0 saturated heterocycles. The van der Waals surface area contributed by atoms with E-state index >= 15 is 0 Å². The molecule has 0 radical (unpaired) electrons. The molecule has 0 spiro atoms. The number of nitrogen functional groups attached to an aromatic ring is 1. The molecule has 21 heavy (non-hydrogen) atoms. The molecule has 0 unspecified atom stereocenters. The summed E-state index contributed by atoms with van der Waals surface area (Å²) >= 11 is 1.46. The van der Waals surface area contributed by atoms with Crippen LogP contribution in [0.3, 0.4) is 0 Å². The number of thiophene rings is 1. The van der Waals surface area contributed by atoms with Gasteiger partial charge >= 0.3 is 0 Å². The molecule has 0 atom stereocenters. The second kappa shape index (κ2) is 5.42. The molecule has 1 aromatic heterocycles. The smallest absolute Gasteiger partial charge is 0.266 e. The lowest BCUT2D eigenvalue weighted by molar-refractivity contribution is 0.0775. The van der Waals surface area contributed by atoms with Crippen LogP contribution in [0.15, 0.2) is 18.2 Å². The van der Waals surface area contributed by atoms with Gasteiger partial charge in [0.2, 0.25) is 0 Å². The molecule has 3 nitrogen and oxygen atoms in total. The molecular weight excluding hydrogens is 280 g/mol. The summed E-state index contributed by atoms with van der Waals surface area (Å²) in [6.45, 7) is 3.13. The van der Waals surface area contributed by atoms with Gasteiger partial charge in [0, 0.05) is 16.6 Å². The fourth-order valence-corrected chi connectivity index (χ4v) is 3.66. The van der Waals surface area contributed by atoms with Crippen molar-refractivity contribution in [2.75, 3.05) is 18.8 Å². The van der Waals surface area contributed by atoms with Crippen LogP contribution in [0.25, 0.3) is 10.1 Å². The Morgan fingerprint density at radius 3 is 2.95 bits per heavy atom. The van der Waals surface area contributed by atoms with E-state index in [9.17, 15) is 4.79 Å². The number of fused-ring (bicyclic) bond motifs is 1. The zero-order valence-corrected chi connectivity index (χ0v) is 12.9. The van der Waals surface area contributed by atoms with Gasteiger partial charge in [0.1, 0.15) is 4.88 Å². The average molecular weight is 298 g/mol.